The van der Waals surface area contributed by atoms with E-state index in [9.17, 15) is 9.50 Å². The van der Waals surface area contributed by atoms with Crippen LogP contribution in [0.15, 0.2) is 40.9 Å². The Hall–Kier alpha value is -1.10. The third kappa shape index (κ3) is 3.51. The van der Waals surface area contributed by atoms with E-state index >= 15 is 0 Å². The van der Waals surface area contributed by atoms with Crippen LogP contribution >= 0.6 is 27.5 Å². The van der Waals surface area contributed by atoms with Crippen molar-refractivity contribution < 1.29 is 14.2 Å². The molecule has 0 saturated heterocycles. The van der Waals surface area contributed by atoms with Crippen molar-refractivity contribution in [3.05, 3.63) is 62.8 Å². The Morgan fingerprint density at radius 1 is 1.30 bits per heavy atom. The summed E-state index contributed by atoms with van der Waals surface area (Å²) in [7, 11) is 1.55. The monoisotopic (exact) mass is 358 g/mol. The van der Waals surface area contributed by atoms with Gasteiger partial charge in [0.1, 0.15) is 11.6 Å². The molecule has 0 bridgehead atoms. The van der Waals surface area contributed by atoms with E-state index in [4.69, 9.17) is 16.3 Å². The first-order chi connectivity index (χ1) is 9.51. The minimum atomic E-state index is -0.760. The van der Waals surface area contributed by atoms with E-state index in [1.54, 1.807) is 25.3 Å². The molecule has 0 spiro atoms. The highest BCUT2D eigenvalue weighted by Crippen LogP contribution is 2.31. The van der Waals surface area contributed by atoms with E-state index in [2.05, 4.69) is 15.9 Å². The Morgan fingerprint density at radius 3 is 2.70 bits per heavy atom. The van der Waals surface area contributed by atoms with Gasteiger partial charge >= 0.3 is 0 Å². The zero-order valence-electron chi connectivity index (χ0n) is 10.7. The Balaban J connectivity index is 2.25. The first-order valence-corrected chi connectivity index (χ1v) is 7.14. The van der Waals surface area contributed by atoms with Crippen LogP contribution in [0, 0.1) is 5.82 Å². The van der Waals surface area contributed by atoms with Crippen molar-refractivity contribution in [3.63, 3.8) is 0 Å². The van der Waals surface area contributed by atoms with Gasteiger partial charge < -0.3 is 9.84 Å². The number of benzene rings is 2. The summed E-state index contributed by atoms with van der Waals surface area (Å²) >= 11 is 9.10. The highest BCUT2D eigenvalue weighted by molar-refractivity contribution is 9.10. The number of hydrogen-bond acceptors (Lipinski definition) is 2. The zero-order chi connectivity index (χ0) is 14.7. The maximum absolute atomic E-state index is 13.1. The molecule has 0 aromatic heterocycles. The number of aliphatic hydroxyl groups excluding tert-OH is 1. The van der Waals surface area contributed by atoms with Gasteiger partial charge in [0.15, 0.2) is 0 Å². The smallest absolute Gasteiger partial charge is 0.141 e. The fourth-order valence-corrected chi connectivity index (χ4v) is 2.55. The van der Waals surface area contributed by atoms with E-state index in [1.165, 1.54) is 12.1 Å². The Kier molecular flexibility index (Phi) is 5.02. The minimum Gasteiger partial charge on any atom is -0.496 e. The van der Waals surface area contributed by atoms with E-state index in [-0.39, 0.29) is 5.02 Å². The molecule has 1 unspecified atom stereocenters. The molecular weight excluding hydrogens is 347 g/mol. The fourth-order valence-electron chi connectivity index (χ4n) is 1.97. The molecule has 5 heteroatoms. The second-order valence-corrected chi connectivity index (χ2v) is 5.68. The van der Waals surface area contributed by atoms with Gasteiger partial charge in [-0.1, -0.05) is 33.6 Å². The summed E-state index contributed by atoms with van der Waals surface area (Å²) in [4.78, 5) is 0. The van der Waals surface area contributed by atoms with E-state index < -0.39 is 11.9 Å². The van der Waals surface area contributed by atoms with Crippen molar-refractivity contribution in [1.82, 2.24) is 0 Å². The van der Waals surface area contributed by atoms with Crippen LogP contribution in [0.3, 0.4) is 0 Å². The average molecular weight is 360 g/mol. The molecule has 2 aromatic rings. The number of hydrogen-bond donors (Lipinski definition) is 1. The van der Waals surface area contributed by atoms with Crippen LogP contribution in [0.2, 0.25) is 5.02 Å². The molecule has 1 atom stereocenters. The van der Waals surface area contributed by atoms with Gasteiger partial charge in [-0.3, -0.25) is 0 Å². The van der Waals surface area contributed by atoms with Gasteiger partial charge in [0.2, 0.25) is 0 Å². The zero-order valence-corrected chi connectivity index (χ0v) is 13.1. The summed E-state index contributed by atoms with van der Waals surface area (Å²) in [6, 6.07) is 9.83. The number of aliphatic hydroxyl groups is 1. The van der Waals surface area contributed by atoms with Crippen LogP contribution in [0.4, 0.5) is 4.39 Å². The van der Waals surface area contributed by atoms with Crippen molar-refractivity contribution in [2.45, 2.75) is 12.5 Å². The number of methoxy groups -OCH3 is 1. The Bertz CT molecular complexity index is 619. The molecule has 106 valence electrons. The summed E-state index contributed by atoms with van der Waals surface area (Å²) in [5.74, 6) is 0.138. The Labute approximate surface area is 130 Å². The second-order valence-electron chi connectivity index (χ2n) is 4.35. The van der Waals surface area contributed by atoms with Gasteiger partial charge in [-0.05, 0) is 35.9 Å². The third-order valence-corrected chi connectivity index (χ3v) is 3.75. The van der Waals surface area contributed by atoms with Crippen LogP contribution < -0.4 is 4.74 Å². The molecule has 2 aromatic carbocycles. The highest BCUT2D eigenvalue weighted by atomic mass is 79.9. The molecule has 0 saturated carbocycles. The van der Waals surface area contributed by atoms with Crippen LogP contribution in [-0.2, 0) is 6.42 Å². The maximum Gasteiger partial charge on any atom is 0.141 e. The van der Waals surface area contributed by atoms with E-state index in [0.29, 0.717) is 17.7 Å². The van der Waals surface area contributed by atoms with Gasteiger partial charge in [0, 0.05) is 16.5 Å². The third-order valence-electron chi connectivity index (χ3n) is 2.96. The molecule has 0 aliphatic rings. The molecule has 0 heterocycles. The lowest BCUT2D eigenvalue weighted by atomic mass is 10.0. The number of ether oxygens (including phenoxy) is 1. The summed E-state index contributed by atoms with van der Waals surface area (Å²) in [6.07, 6.45) is -0.434. The fraction of sp³-hybridized carbons (Fsp3) is 0.200. The Morgan fingerprint density at radius 2 is 2.05 bits per heavy atom. The number of rotatable bonds is 4. The average Bonchev–Trinajstić information content (AvgIpc) is 2.43. The summed E-state index contributed by atoms with van der Waals surface area (Å²) in [5, 5.41) is 10.4. The van der Waals surface area contributed by atoms with E-state index in [0.717, 1.165) is 10.0 Å². The molecule has 0 amide bonds. The van der Waals surface area contributed by atoms with E-state index in [1.807, 2.05) is 6.07 Å². The van der Waals surface area contributed by atoms with Gasteiger partial charge in [-0.2, -0.15) is 0 Å². The van der Waals surface area contributed by atoms with Gasteiger partial charge in [0.05, 0.1) is 18.2 Å². The lowest BCUT2D eigenvalue weighted by Gasteiger charge is -2.15. The first kappa shape index (κ1) is 15.3. The van der Waals surface area contributed by atoms with Gasteiger partial charge in [-0.25, -0.2) is 4.39 Å². The molecule has 20 heavy (non-hydrogen) atoms. The quantitative estimate of drug-likeness (QED) is 0.869. The first-order valence-electron chi connectivity index (χ1n) is 5.96. The lowest BCUT2D eigenvalue weighted by Crippen LogP contribution is -2.04. The van der Waals surface area contributed by atoms with Crippen LogP contribution in [0.1, 0.15) is 17.2 Å². The van der Waals surface area contributed by atoms with Crippen LogP contribution in [-0.4, -0.2) is 12.2 Å². The van der Waals surface area contributed by atoms with Crippen molar-refractivity contribution in [1.29, 1.82) is 0 Å². The molecule has 1 N–H and O–H groups in total. The summed E-state index contributed by atoms with van der Waals surface area (Å²) < 4.78 is 19.2. The highest BCUT2D eigenvalue weighted by Gasteiger charge is 2.15. The SMILES string of the molecule is COc1ccc(Br)cc1C(O)Cc1ccc(F)c(Cl)c1. The van der Waals surface area contributed by atoms with Gasteiger partial charge in [0.25, 0.3) is 0 Å². The number of halogens is 3. The van der Waals surface area contributed by atoms with Crippen molar-refractivity contribution in [2.24, 2.45) is 0 Å². The largest absolute Gasteiger partial charge is 0.496 e. The molecule has 2 rings (SSSR count). The predicted molar refractivity (Wildman–Crippen MR) is 80.8 cm³/mol. The second kappa shape index (κ2) is 6.57. The van der Waals surface area contributed by atoms with Crippen molar-refractivity contribution >= 4 is 27.5 Å². The predicted octanol–water partition coefficient (Wildman–Crippen LogP) is 4.53. The molecule has 2 nitrogen and oxygen atoms in total. The molecule has 0 fully saturated rings. The minimum absolute atomic E-state index is 0.0518. The molecular formula is C15H13BrClFO2. The van der Waals surface area contributed by atoms with Crippen molar-refractivity contribution in [3.8, 4) is 5.75 Å². The normalized spacial score (nSPS) is 12.2. The molecule has 0 radical (unpaired) electrons. The lowest BCUT2D eigenvalue weighted by molar-refractivity contribution is 0.174. The van der Waals surface area contributed by atoms with Crippen molar-refractivity contribution in [2.75, 3.05) is 7.11 Å². The molecule has 0 aliphatic carbocycles. The van der Waals surface area contributed by atoms with Crippen LogP contribution in [0.5, 0.6) is 5.75 Å². The molecule has 0 aliphatic heterocycles. The maximum atomic E-state index is 13.1. The van der Waals surface area contributed by atoms with Gasteiger partial charge in [-0.15, -0.1) is 0 Å². The summed E-state index contributed by atoms with van der Waals surface area (Å²) in [6.45, 7) is 0. The topological polar surface area (TPSA) is 29.5 Å². The standard InChI is InChI=1S/C15H13BrClFO2/c1-20-15-5-3-10(16)8-11(15)14(19)7-9-2-4-13(18)12(17)6-9/h2-6,8,14,19H,7H2,1H3. The summed E-state index contributed by atoms with van der Waals surface area (Å²) in [5.41, 5.74) is 1.42. The van der Waals surface area contributed by atoms with Crippen LogP contribution in [0.25, 0.3) is 0 Å².